The molecule has 1 aliphatic rings. The molecule has 3 aromatic heterocycles. The Morgan fingerprint density at radius 2 is 1.90 bits per heavy atom. The molecule has 5 rings (SSSR count). The van der Waals surface area contributed by atoms with Crippen molar-refractivity contribution in [1.82, 2.24) is 24.5 Å². The smallest absolute Gasteiger partial charge is 0.387 e. The van der Waals surface area contributed by atoms with Crippen molar-refractivity contribution in [2.75, 3.05) is 23.7 Å². The number of alkyl halides is 4. The summed E-state index contributed by atoms with van der Waals surface area (Å²) in [4.78, 5) is 18.7. The average Bonchev–Trinajstić information content (AvgIpc) is 3.33. The number of aliphatic hydroxyl groups excluding tert-OH is 1. The van der Waals surface area contributed by atoms with Crippen LogP contribution in [-0.2, 0) is 6.54 Å². The van der Waals surface area contributed by atoms with E-state index >= 15 is 0 Å². The zero-order valence-electron chi connectivity index (χ0n) is 20.9. The highest BCUT2D eigenvalue weighted by atomic mass is 19.3. The number of anilines is 2. The van der Waals surface area contributed by atoms with Gasteiger partial charge in [-0.2, -0.15) is 8.78 Å². The molecule has 10 nitrogen and oxygen atoms in total. The molecule has 5 N–H and O–H groups in total. The van der Waals surface area contributed by atoms with Crippen molar-refractivity contribution in [3.8, 4) is 17.0 Å². The van der Waals surface area contributed by atoms with Crippen LogP contribution in [0.2, 0.25) is 0 Å². The second kappa shape index (κ2) is 10.8. The summed E-state index contributed by atoms with van der Waals surface area (Å²) in [7, 11) is 0. The molecule has 2 atom stereocenters. The Morgan fingerprint density at radius 1 is 1.10 bits per heavy atom. The third-order valence-electron chi connectivity index (χ3n) is 6.90. The summed E-state index contributed by atoms with van der Waals surface area (Å²) >= 11 is 0. The van der Waals surface area contributed by atoms with Crippen molar-refractivity contribution in [3.63, 3.8) is 0 Å². The third kappa shape index (κ3) is 5.34. The van der Waals surface area contributed by atoms with Crippen LogP contribution >= 0.6 is 0 Å². The third-order valence-corrected chi connectivity index (χ3v) is 6.90. The molecule has 0 unspecified atom stereocenters. The molecule has 0 saturated carbocycles. The molecule has 0 spiro atoms. The second-order valence-electron chi connectivity index (χ2n) is 9.56. The predicted octanol–water partition coefficient (Wildman–Crippen LogP) is 3.18. The van der Waals surface area contributed by atoms with E-state index in [1.807, 2.05) is 0 Å². The van der Waals surface area contributed by atoms with Crippen molar-refractivity contribution < 1.29 is 31.8 Å². The molecule has 1 saturated heterocycles. The molecule has 0 aliphatic carbocycles. The number of hydrogen-bond acceptors (Lipinski definition) is 9. The van der Waals surface area contributed by atoms with E-state index in [4.69, 9.17) is 11.5 Å². The number of benzene rings is 1. The Morgan fingerprint density at radius 3 is 2.62 bits per heavy atom. The normalized spacial score (nSPS) is 18.6. The summed E-state index contributed by atoms with van der Waals surface area (Å²) in [6.45, 7) is -2.63. The van der Waals surface area contributed by atoms with Gasteiger partial charge in [-0.3, -0.25) is 4.98 Å². The van der Waals surface area contributed by atoms with E-state index in [1.165, 1.54) is 24.9 Å². The van der Waals surface area contributed by atoms with Crippen molar-refractivity contribution in [3.05, 3.63) is 54.5 Å². The zero-order chi connectivity index (χ0) is 28.6. The molecule has 4 heterocycles. The molecule has 212 valence electrons. The first-order chi connectivity index (χ1) is 19.1. The maximum absolute atomic E-state index is 14.5. The monoisotopic (exact) mass is 564 g/mol. The van der Waals surface area contributed by atoms with Gasteiger partial charge < -0.3 is 30.8 Å². The Kier molecular flexibility index (Phi) is 7.42. The quantitative estimate of drug-likeness (QED) is 0.275. The van der Waals surface area contributed by atoms with Crippen LogP contribution in [0.5, 0.6) is 5.75 Å². The van der Waals surface area contributed by atoms with Crippen molar-refractivity contribution in [2.24, 2.45) is 5.73 Å². The number of halogens is 5. The average molecular weight is 565 g/mol. The second-order valence-corrected chi connectivity index (χ2v) is 9.56. The fourth-order valence-electron chi connectivity index (χ4n) is 4.92. The Labute approximate surface area is 224 Å². The van der Waals surface area contributed by atoms with Crippen molar-refractivity contribution in [1.29, 1.82) is 0 Å². The highest BCUT2D eigenvalue weighted by Crippen LogP contribution is 2.34. The molecule has 1 aliphatic heterocycles. The first-order valence-corrected chi connectivity index (χ1v) is 12.2. The summed E-state index contributed by atoms with van der Waals surface area (Å²) in [5.74, 6) is -1.42. The first kappa shape index (κ1) is 27.5. The van der Waals surface area contributed by atoms with Gasteiger partial charge in [0.1, 0.15) is 17.9 Å². The van der Waals surface area contributed by atoms with Gasteiger partial charge in [0.15, 0.2) is 23.0 Å². The Hall–Kier alpha value is -4.11. The molecule has 1 aromatic carbocycles. The van der Waals surface area contributed by atoms with Crippen LogP contribution in [0.15, 0.2) is 43.1 Å². The molecule has 4 aromatic rings. The van der Waals surface area contributed by atoms with Gasteiger partial charge in [-0.1, -0.05) is 0 Å². The lowest BCUT2D eigenvalue weighted by molar-refractivity contribution is -0.0529. The number of rotatable bonds is 8. The fourth-order valence-corrected chi connectivity index (χ4v) is 4.92. The lowest BCUT2D eigenvalue weighted by Gasteiger charge is -2.44. The number of piperidine rings is 1. The van der Waals surface area contributed by atoms with Gasteiger partial charge >= 0.3 is 6.61 Å². The number of nitrogens with two attached hydrogens (primary N) is 2. The minimum Gasteiger partial charge on any atom is -0.432 e. The topological polar surface area (TPSA) is 141 Å². The summed E-state index contributed by atoms with van der Waals surface area (Å²) in [5.41, 5.74) is 13.2. The Bertz CT molecular complexity index is 1520. The Balaban J connectivity index is 1.56. The fraction of sp³-hybridized carbons (Fsp3) is 0.360. The molecule has 0 bridgehead atoms. The van der Waals surface area contributed by atoms with Crippen LogP contribution in [0.4, 0.5) is 33.5 Å². The summed E-state index contributed by atoms with van der Waals surface area (Å²) in [5, 5.41) is 10.1. The summed E-state index contributed by atoms with van der Waals surface area (Å²) < 4.78 is 72.3. The largest absolute Gasteiger partial charge is 0.432 e. The van der Waals surface area contributed by atoms with Gasteiger partial charge in [-0.25, -0.2) is 28.1 Å². The molecule has 0 amide bonds. The number of aliphatic hydroxyl groups is 1. The van der Waals surface area contributed by atoms with E-state index in [0.29, 0.717) is 41.1 Å². The number of hydrogen-bond donors (Lipinski definition) is 3. The number of nitrogen functional groups attached to an aromatic ring is 1. The van der Waals surface area contributed by atoms with Gasteiger partial charge in [-0.05, 0) is 42.7 Å². The van der Waals surface area contributed by atoms with E-state index in [1.54, 1.807) is 15.5 Å². The molecular weight excluding hydrogens is 539 g/mol. The van der Waals surface area contributed by atoms with E-state index in [9.17, 15) is 27.1 Å². The standard InChI is InChI=1S/C25H25F5N8O2/c26-15-6-13(2-3-18(15)40-24(29)30)16-7-14(9-38-12-36-19-22(31)34-11-35-23(19)38)17(8-33-16)37-5-1-4-25(32,10-37)20(39)21(27)28/h2-3,6-8,11-12,20-21,24,39H,1,4-5,9-10,32H2,(H2,31,34,35)/t20-,25-/m1/s1. The highest BCUT2D eigenvalue weighted by Gasteiger charge is 2.43. The minimum absolute atomic E-state index is 0.0688. The van der Waals surface area contributed by atoms with E-state index in [-0.39, 0.29) is 30.9 Å². The first-order valence-electron chi connectivity index (χ1n) is 12.2. The number of fused-ring (bicyclic) bond motifs is 1. The number of imidazole rings is 1. The number of ether oxygens (including phenoxy) is 1. The number of nitrogens with zero attached hydrogens (tertiary/aromatic N) is 6. The SMILES string of the molecule is Nc1ncnc2c1ncn2Cc1cc(-c2ccc(OC(F)F)c(F)c2)ncc1N1CCC[C@](N)([C@H](O)C(F)F)C1. The number of aromatic nitrogens is 5. The van der Waals surface area contributed by atoms with Crippen molar-refractivity contribution >= 4 is 22.7 Å². The van der Waals surface area contributed by atoms with Crippen LogP contribution in [0.1, 0.15) is 18.4 Å². The highest BCUT2D eigenvalue weighted by molar-refractivity contribution is 5.81. The molecule has 15 heteroatoms. The molecule has 40 heavy (non-hydrogen) atoms. The van der Waals surface area contributed by atoms with Gasteiger partial charge in [0.05, 0.1) is 36.0 Å². The zero-order valence-corrected chi connectivity index (χ0v) is 20.9. The van der Waals surface area contributed by atoms with Crippen molar-refractivity contribution in [2.45, 2.75) is 44.1 Å². The molecular formula is C25H25F5N8O2. The van der Waals surface area contributed by atoms with E-state index < -0.39 is 36.2 Å². The van der Waals surface area contributed by atoms with Crippen LogP contribution in [-0.4, -0.2) is 67.4 Å². The van der Waals surface area contributed by atoms with E-state index in [2.05, 4.69) is 24.7 Å². The summed E-state index contributed by atoms with van der Waals surface area (Å²) in [6, 6.07) is 5.14. The minimum atomic E-state index is -3.19. The van der Waals surface area contributed by atoms with Gasteiger partial charge in [0, 0.05) is 18.7 Å². The van der Waals surface area contributed by atoms with Crippen LogP contribution in [0.25, 0.3) is 22.4 Å². The molecule has 0 radical (unpaired) electrons. The van der Waals surface area contributed by atoms with E-state index in [0.717, 1.165) is 12.1 Å². The predicted molar refractivity (Wildman–Crippen MR) is 135 cm³/mol. The van der Waals surface area contributed by atoms with Crippen LogP contribution in [0, 0.1) is 5.82 Å². The lowest BCUT2D eigenvalue weighted by Crippen LogP contribution is -2.63. The van der Waals surface area contributed by atoms with Crippen LogP contribution in [0.3, 0.4) is 0 Å². The maximum atomic E-state index is 14.5. The summed E-state index contributed by atoms with van der Waals surface area (Å²) in [6.07, 6.45) is -0.103. The lowest BCUT2D eigenvalue weighted by atomic mass is 9.84. The van der Waals surface area contributed by atoms with Crippen LogP contribution < -0.4 is 21.1 Å². The number of pyridine rings is 1. The van der Waals surface area contributed by atoms with Gasteiger partial charge in [0.25, 0.3) is 6.43 Å². The van der Waals surface area contributed by atoms with Gasteiger partial charge in [-0.15, -0.1) is 0 Å². The maximum Gasteiger partial charge on any atom is 0.387 e. The molecule has 1 fully saturated rings. The van der Waals surface area contributed by atoms with Gasteiger partial charge in [0.2, 0.25) is 0 Å².